The van der Waals surface area contributed by atoms with Gasteiger partial charge < -0.3 is 9.73 Å². The number of thiocarbonyl (C=S) groups is 1. The van der Waals surface area contributed by atoms with Crippen LogP contribution in [0.5, 0.6) is 0 Å². The molecule has 0 spiro atoms. The van der Waals surface area contributed by atoms with Gasteiger partial charge in [0.05, 0.1) is 0 Å². The van der Waals surface area contributed by atoms with Gasteiger partial charge in [-0.15, -0.1) is 0 Å². The second-order valence-corrected chi connectivity index (χ2v) is 7.80. The van der Waals surface area contributed by atoms with E-state index in [-0.39, 0.29) is 16.8 Å². The largest absolute Gasteiger partial charge is 0.451 e. The maximum atomic E-state index is 12.5. The average Bonchev–Trinajstić information content (AvgIpc) is 3.18. The van der Waals surface area contributed by atoms with E-state index in [2.05, 4.69) is 46.5 Å². The van der Waals surface area contributed by atoms with E-state index in [1.54, 1.807) is 12.1 Å². The molecule has 28 heavy (non-hydrogen) atoms. The molecule has 2 aromatic carbocycles. The number of hydrogen-bond donors (Lipinski definition) is 2. The molecule has 3 aromatic rings. The number of benzene rings is 2. The zero-order valence-corrected chi connectivity index (χ0v) is 18.1. The van der Waals surface area contributed by atoms with Crippen LogP contribution in [0.3, 0.4) is 0 Å². The van der Waals surface area contributed by atoms with Crippen LogP contribution < -0.4 is 10.6 Å². The SMILES string of the molecule is CCC(C)c1ccccc1NC(=S)NC(=O)c1ccc(-c2ccc(Br)cc2)o1. The van der Waals surface area contributed by atoms with Crippen molar-refractivity contribution in [3.63, 3.8) is 0 Å². The third-order valence-electron chi connectivity index (χ3n) is 4.54. The third-order valence-corrected chi connectivity index (χ3v) is 5.27. The highest BCUT2D eigenvalue weighted by molar-refractivity contribution is 9.10. The molecule has 1 heterocycles. The van der Waals surface area contributed by atoms with Gasteiger partial charge in [-0.25, -0.2) is 0 Å². The molecule has 1 atom stereocenters. The molecule has 0 radical (unpaired) electrons. The number of furan rings is 1. The molecule has 0 saturated heterocycles. The first-order chi connectivity index (χ1) is 13.5. The van der Waals surface area contributed by atoms with Crippen LogP contribution in [0.25, 0.3) is 11.3 Å². The lowest BCUT2D eigenvalue weighted by Crippen LogP contribution is -2.34. The fraction of sp³-hybridized carbons (Fsp3) is 0.182. The Morgan fingerprint density at radius 2 is 1.82 bits per heavy atom. The van der Waals surface area contributed by atoms with Crippen molar-refractivity contribution < 1.29 is 9.21 Å². The molecule has 1 aromatic heterocycles. The van der Waals surface area contributed by atoms with Crippen molar-refractivity contribution in [2.24, 2.45) is 0 Å². The number of amides is 1. The molecule has 0 bridgehead atoms. The molecule has 1 amide bonds. The second-order valence-electron chi connectivity index (χ2n) is 6.48. The highest BCUT2D eigenvalue weighted by Crippen LogP contribution is 2.27. The number of carbonyl (C=O) groups excluding carboxylic acids is 1. The maximum absolute atomic E-state index is 12.5. The molecule has 144 valence electrons. The number of para-hydroxylation sites is 1. The van der Waals surface area contributed by atoms with Crippen molar-refractivity contribution in [1.82, 2.24) is 5.32 Å². The van der Waals surface area contributed by atoms with Gasteiger partial charge in [0.2, 0.25) is 0 Å². The van der Waals surface area contributed by atoms with Crippen LogP contribution in [-0.4, -0.2) is 11.0 Å². The summed E-state index contributed by atoms with van der Waals surface area (Å²) in [7, 11) is 0. The summed E-state index contributed by atoms with van der Waals surface area (Å²) in [5.41, 5.74) is 2.96. The number of hydrogen-bond acceptors (Lipinski definition) is 3. The minimum atomic E-state index is -0.387. The molecule has 0 saturated carbocycles. The molecule has 0 aliphatic heterocycles. The minimum absolute atomic E-state index is 0.206. The lowest BCUT2D eigenvalue weighted by Gasteiger charge is -2.16. The fourth-order valence-electron chi connectivity index (χ4n) is 2.81. The summed E-state index contributed by atoms with van der Waals surface area (Å²) in [6.45, 7) is 4.30. The molecule has 1 unspecified atom stereocenters. The summed E-state index contributed by atoms with van der Waals surface area (Å²) in [6, 6.07) is 19.1. The van der Waals surface area contributed by atoms with E-state index in [9.17, 15) is 4.79 Å². The molecular weight excluding hydrogens is 436 g/mol. The van der Waals surface area contributed by atoms with Gasteiger partial charge in [-0.3, -0.25) is 10.1 Å². The van der Waals surface area contributed by atoms with E-state index in [1.807, 2.05) is 42.5 Å². The first kappa shape index (κ1) is 20.3. The van der Waals surface area contributed by atoms with Crippen LogP contribution in [0.15, 0.2) is 69.6 Å². The minimum Gasteiger partial charge on any atom is -0.451 e. The van der Waals surface area contributed by atoms with E-state index < -0.39 is 0 Å². The Morgan fingerprint density at radius 3 is 2.54 bits per heavy atom. The van der Waals surface area contributed by atoms with Crippen molar-refractivity contribution in [2.45, 2.75) is 26.2 Å². The highest BCUT2D eigenvalue weighted by Gasteiger charge is 2.15. The van der Waals surface area contributed by atoms with E-state index in [1.165, 1.54) is 0 Å². The van der Waals surface area contributed by atoms with Crippen LogP contribution in [0.2, 0.25) is 0 Å². The summed E-state index contributed by atoms with van der Waals surface area (Å²) >= 11 is 8.72. The number of rotatable bonds is 5. The summed E-state index contributed by atoms with van der Waals surface area (Å²) in [4.78, 5) is 12.5. The van der Waals surface area contributed by atoms with Crippen LogP contribution >= 0.6 is 28.1 Å². The lowest BCUT2D eigenvalue weighted by molar-refractivity contribution is 0.0951. The second kappa shape index (κ2) is 9.17. The summed E-state index contributed by atoms with van der Waals surface area (Å²) in [5, 5.41) is 6.04. The maximum Gasteiger partial charge on any atom is 0.293 e. The molecule has 4 nitrogen and oxygen atoms in total. The molecule has 0 aliphatic rings. The van der Waals surface area contributed by atoms with Gasteiger partial charge >= 0.3 is 0 Å². The van der Waals surface area contributed by atoms with Gasteiger partial charge in [-0.05, 0) is 60.5 Å². The number of nitrogens with one attached hydrogen (secondary N) is 2. The molecule has 3 rings (SSSR count). The van der Waals surface area contributed by atoms with Crippen LogP contribution in [0.1, 0.15) is 42.3 Å². The van der Waals surface area contributed by atoms with Gasteiger partial charge in [0.25, 0.3) is 5.91 Å². The Hall–Kier alpha value is -2.44. The topological polar surface area (TPSA) is 54.3 Å². The van der Waals surface area contributed by atoms with E-state index in [0.717, 1.165) is 27.7 Å². The Labute approximate surface area is 178 Å². The monoisotopic (exact) mass is 456 g/mol. The quantitative estimate of drug-likeness (QED) is 0.439. The Balaban J connectivity index is 1.67. The van der Waals surface area contributed by atoms with E-state index in [0.29, 0.717) is 11.7 Å². The Kier molecular flexibility index (Phi) is 6.65. The van der Waals surface area contributed by atoms with Gasteiger partial charge in [0.1, 0.15) is 5.76 Å². The molecule has 0 aliphatic carbocycles. The van der Waals surface area contributed by atoms with E-state index in [4.69, 9.17) is 16.6 Å². The van der Waals surface area contributed by atoms with Crippen LogP contribution in [-0.2, 0) is 0 Å². The summed E-state index contributed by atoms with van der Waals surface area (Å²) in [6.07, 6.45) is 1.02. The molecule has 2 N–H and O–H groups in total. The zero-order valence-electron chi connectivity index (χ0n) is 15.7. The Morgan fingerprint density at radius 1 is 1.11 bits per heavy atom. The zero-order chi connectivity index (χ0) is 20.1. The van der Waals surface area contributed by atoms with Crippen molar-refractivity contribution in [3.8, 4) is 11.3 Å². The predicted molar refractivity (Wildman–Crippen MR) is 121 cm³/mol. The van der Waals surface area contributed by atoms with Crippen molar-refractivity contribution in [3.05, 3.63) is 76.5 Å². The van der Waals surface area contributed by atoms with Gasteiger partial charge in [0.15, 0.2) is 10.9 Å². The van der Waals surface area contributed by atoms with Gasteiger partial charge in [-0.1, -0.05) is 60.1 Å². The number of halogens is 1. The smallest absolute Gasteiger partial charge is 0.293 e. The van der Waals surface area contributed by atoms with Crippen molar-refractivity contribution >= 4 is 44.9 Å². The average molecular weight is 457 g/mol. The Bertz CT molecular complexity index is 982. The van der Waals surface area contributed by atoms with Crippen molar-refractivity contribution in [1.29, 1.82) is 0 Å². The van der Waals surface area contributed by atoms with Crippen molar-refractivity contribution in [2.75, 3.05) is 5.32 Å². The van der Waals surface area contributed by atoms with Gasteiger partial charge in [0, 0.05) is 15.7 Å². The standard InChI is InChI=1S/C22H21BrN2O2S/c1-3-14(2)17-6-4-5-7-18(17)24-22(28)25-21(26)20-13-12-19(27-20)15-8-10-16(23)11-9-15/h4-14H,3H2,1-2H3,(H2,24,25,26,28). The molecule has 6 heteroatoms. The number of carbonyl (C=O) groups is 1. The van der Waals surface area contributed by atoms with E-state index >= 15 is 0 Å². The third kappa shape index (κ3) is 4.88. The number of anilines is 1. The summed E-state index contributed by atoms with van der Waals surface area (Å²) < 4.78 is 6.67. The molecular formula is C22H21BrN2O2S. The van der Waals surface area contributed by atoms with Crippen LogP contribution in [0, 0.1) is 0 Å². The first-order valence-electron chi connectivity index (χ1n) is 9.05. The first-order valence-corrected chi connectivity index (χ1v) is 10.2. The normalized spacial score (nSPS) is 11.7. The predicted octanol–water partition coefficient (Wildman–Crippen LogP) is 6.35. The fourth-order valence-corrected chi connectivity index (χ4v) is 3.27. The lowest BCUT2D eigenvalue weighted by atomic mass is 9.97. The molecule has 0 fully saturated rings. The van der Waals surface area contributed by atoms with Gasteiger partial charge in [-0.2, -0.15) is 0 Å². The van der Waals surface area contributed by atoms with Crippen LogP contribution in [0.4, 0.5) is 5.69 Å². The highest BCUT2D eigenvalue weighted by atomic mass is 79.9. The summed E-state index contributed by atoms with van der Waals surface area (Å²) in [5.74, 6) is 0.832.